The topological polar surface area (TPSA) is 51.5 Å². The van der Waals surface area contributed by atoms with E-state index >= 15 is 0 Å². The lowest BCUT2D eigenvalue weighted by molar-refractivity contribution is 0.0926. The van der Waals surface area contributed by atoms with Crippen LogP contribution >= 0.6 is 11.6 Å². The van der Waals surface area contributed by atoms with Crippen molar-refractivity contribution >= 4 is 17.5 Å². The molecule has 1 amide bonds. The third kappa shape index (κ3) is 3.76. The van der Waals surface area contributed by atoms with Gasteiger partial charge in [-0.1, -0.05) is 12.1 Å². The molecule has 19 heavy (non-hydrogen) atoms. The highest BCUT2D eigenvalue weighted by atomic mass is 35.5. The number of hydrogen-bond donors (Lipinski definition) is 1. The zero-order valence-electron chi connectivity index (χ0n) is 10.5. The summed E-state index contributed by atoms with van der Waals surface area (Å²) < 4.78 is 10.1. The molecule has 0 fully saturated rings. The number of benzene rings is 1. The van der Waals surface area contributed by atoms with E-state index in [9.17, 15) is 4.79 Å². The molecule has 0 radical (unpaired) electrons. The maximum atomic E-state index is 11.7. The Balaban J connectivity index is 1.81. The van der Waals surface area contributed by atoms with E-state index in [0.29, 0.717) is 6.54 Å². The molecule has 0 aliphatic rings. The summed E-state index contributed by atoms with van der Waals surface area (Å²) in [7, 11) is 1.63. The van der Waals surface area contributed by atoms with Gasteiger partial charge >= 0.3 is 0 Å². The third-order valence-electron chi connectivity index (χ3n) is 2.66. The molecule has 100 valence electrons. The van der Waals surface area contributed by atoms with Crippen LogP contribution in [0.5, 0.6) is 5.75 Å². The first-order valence-corrected chi connectivity index (χ1v) is 6.23. The van der Waals surface area contributed by atoms with Gasteiger partial charge in [-0.25, -0.2) is 0 Å². The predicted octanol–water partition coefficient (Wildman–Crippen LogP) is 2.91. The maximum absolute atomic E-state index is 11.7. The summed E-state index contributed by atoms with van der Waals surface area (Å²) in [5, 5.41) is 2.98. The second-order valence-corrected chi connectivity index (χ2v) is 4.33. The molecule has 2 aromatic rings. The highest BCUT2D eigenvalue weighted by Gasteiger charge is 2.09. The summed E-state index contributed by atoms with van der Waals surface area (Å²) in [4.78, 5) is 11.7. The molecule has 0 bridgehead atoms. The second-order valence-electron chi connectivity index (χ2n) is 3.96. The van der Waals surface area contributed by atoms with Crippen LogP contribution in [0.15, 0.2) is 40.8 Å². The van der Waals surface area contributed by atoms with Crippen molar-refractivity contribution in [2.24, 2.45) is 0 Å². The molecule has 1 heterocycles. The number of ether oxygens (including phenoxy) is 1. The van der Waals surface area contributed by atoms with Gasteiger partial charge in [0.25, 0.3) is 5.91 Å². The van der Waals surface area contributed by atoms with Crippen LogP contribution in [-0.4, -0.2) is 19.6 Å². The van der Waals surface area contributed by atoms with E-state index in [2.05, 4.69) is 5.32 Å². The van der Waals surface area contributed by atoms with Crippen LogP contribution in [0.25, 0.3) is 0 Å². The Morgan fingerprint density at radius 1 is 1.26 bits per heavy atom. The highest BCUT2D eigenvalue weighted by molar-refractivity contribution is 6.29. The molecule has 0 unspecified atom stereocenters. The summed E-state index contributed by atoms with van der Waals surface area (Å²) in [6.07, 6.45) is 0.740. The molecule has 5 heteroatoms. The minimum absolute atomic E-state index is 0.209. The van der Waals surface area contributed by atoms with Crippen LogP contribution in [-0.2, 0) is 6.42 Å². The number of halogens is 1. The van der Waals surface area contributed by atoms with Crippen molar-refractivity contribution in [3.05, 3.63) is 52.9 Å². The molecule has 0 aliphatic carbocycles. The first kappa shape index (κ1) is 13.5. The molecular weight excluding hydrogens is 266 g/mol. The second kappa shape index (κ2) is 6.29. The molecule has 1 aromatic carbocycles. The van der Waals surface area contributed by atoms with E-state index in [1.165, 1.54) is 0 Å². The van der Waals surface area contributed by atoms with Crippen LogP contribution in [0.3, 0.4) is 0 Å². The number of carbonyl (C=O) groups is 1. The van der Waals surface area contributed by atoms with Crippen LogP contribution in [0.1, 0.15) is 16.1 Å². The number of nitrogens with one attached hydrogen (secondary N) is 1. The molecule has 0 spiro atoms. The molecule has 1 aromatic heterocycles. The fourth-order valence-corrected chi connectivity index (χ4v) is 1.78. The van der Waals surface area contributed by atoms with Crippen molar-refractivity contribution in [3.63, 3.8) is 0 Å². The minimum atomic E-state index is -0.264. The monoisotopic (exact) mass is 279 g/mol. The van der Waals surface area contributed by atoms with Crippen LogP contribution < -0.4 is 10.1 Å². The van der Waals surface area contributed by atoms with Gasteiger partial charge in [0.2, 0.25) is 0 Å². The van der Waals surface area contributed by atoms with E-state index < -0.39 is 0 Å². The first-order chi connectivity index (χ1) is 9.19. The number of furan rings is 1. The summed E-state index contributed by atoms with van der Waals surface area (Å²) in [5.74, 6) is 0.776. The van der Waals surface area contributed by atoms with Crippen molar-refractivity contribution in [1.29, 1.82) is 0 Å². The zero-order valence-corrected chi connectivity index (χ0v) is 11.2. The summed E-state index contributed by atoms with van der Waals surface area (Å²) in [6.45, 7) is 0.531. The van der Waals surface area contributed by atoms with Gasteiger partial charge in [-0.2, -0.15) is 0 Å². The highest BCUT2D eigenvalue weighted by Crippen LogP contribution is 2.13. The zero-order chi connectivity index (χ0) is 13.7. The predicted molar refractivity (Wildman–Crippen MR) is 72.7 cm³/mol. The van der Waals surface area contributed by atoms with Crippen molar-refractivity contribution in [2.45, 2.75) is 6.42 Å². The van der Waals surface area contributed by atoms with Crippen LogP contribution in [0.2, 0.25) is 5.22 Å². The smallest absolute Gasteiger partial charge is 0.287 e. The Labute approximate surface area is 116 Å². The molecule has 0 atom stereocenters. The lowest BCUT2D eigenvalue weighted by Crippen LogP contribution is -2.25. The number of carbonyl (C=O) groups excluding carboxylic acids is 1. The van der Waals surface area contributed by atoms with Gasteiger partial charge in [0.05, 0.1) is 7.11 Å². The van der Waals surface area contributed by atoms with Gasteiger partial charge in [0, 0.05) is 6.54 Å². The fourth-order valence-electron chi connectivity index (χ4n) is 1.64. The Hall–Kier alpha value is -1.94. The number of methoxy groups -OCH3 is 1. The van der Waals surface area contributed by atoms with E-state index in [0.717, 1.165) is 17.7 Å². The van der Waals surface area contributed by atoms with Gasteiger partial charge in [-0.3, -0.25) is 4.79 Å². The molecule has 0 aliphatic heterocycles. The van der Waals surface area contributed by atoms with Gasteiger partial charge in [0.15, 0.2) is 11.0 Å². The van der Waals surface area contributed by atoms with Crippen LogP contribution in [0, 0.1) is 0 Å². The van der Waals surface area contributed by atoms with E-state index in [4.69, 9.17) is 20.8 Å². The SMILES string of the molecule is COc1ccc(CCNC(=O)c2ccc(Cl)o2)cc1. The van der Waals surface area contributed by atoms with Gasteiger partial charge < -0.3 is 14.5 Å². The first-order valence-electron chi connectivity index (χ1n) is 5.85. The maximum Gasteiger partial charge on any atom is 0.287 e. The van der Waals surface area contributed by atoms with Crippen LogP contribution in [0.4, 0.5) is 0 Å². The Morgan fingerprint density at radius 2 is 2.00 bits per heavy atom. The quantitative estimate of drug-likeness (QED) is 0.915. The van der Waals surface area contributed by atoms with Gasteiger partial charge in [-0.15, -0.1) is 0 Å². The summed E-state index contributed by atoms with van der Waals surface area (Å²) >= 11 is 5.60. The van der Waals surface area contributed by atoms with Crippen molar-refractivity contribution < 1.29 is 13.9 Å². The third-order valence-corrected chi connectivity index (χ3v) is 2.86. The number of rotatable bonds is 5. The lowest BCUT2D eigenvalue weighted by Gasteiger charge is -2.04. The normalized spacial score (nSPS) is 10.2. The average Bonchev–Trinajstić information content (AvgIpc) is 2.86. The molecule has 0 saturated carbocycles. The van der Waals surface area contributed by atoms with E-state index in [1.54, 1.807) is 19.2 Å². The molecule has 0 saturated heterocycles. The number of hydrogen-bond acceptors (Lipinski definition) is 3. The van der Waals surface area contributed by atoms with E-state index in [1.807, 2.05) is 24.3 Å². The Morgan fingerprint density at radius 3 is 2.58 bits per heavy atom. The molecular formula is C14H14ClNO3. The summed E-state index contributed by atoms with van der Waals surface area (Å²) in [6, 6.07) is 10.8. The molecule has 1 N–H and O–H groups in total. The van der Waals surface area contributed by atoms with Gasteiger partial charge in [0.1, 0.15) is 5.75 Å². The Bertz CT molecular complexity index is 548. The average molecular weight is 280 g/mol. The van der Waals surface area contributed by atoms with Crippen molar-refractivity contribution in [2.75, 3.05) is 13.7 Å². The van der Waals surface area contributed by atoms with Crippen molar-refractivity contribution in [3.8, 4) is 5.75 Å². The minimum Gasteiger partial charge on any atom is -0.497 e. The number of amides is 1. The molecule has 4 nitrogen and oxygen atoms in total. The largest absolute Gasteiger partial charge is 0.497 e. The standard InChI is InChI=1S/C14H14ClNO3/c1-18-11-4-2-10(3-5-11)8-9-16-14(17)12-6-7-13(15)19-12/h2-7H,8-9H2,1H3,(H,16,17). The van der Waals surface area contributed by atoms with Crippen molar-refractivity contribution in [1.82, 2.24) is 5.32 Å². The lowest BCUT2D eigenvalue weighted by atomic mass is 10.1. The molecule has 2 rings (SSSR count). The summed E-state index contributed by atoms with van der Waals surface area (Å²) in [5.41, 5.74) is 1.12. The van der Waals surface area contributed by atoms with Gasteiger partial charge in [-0.05, 0) is 47.9 Å². The fraction of sp³-hybridized carbons (Fsp3) is 0.214. The Kier molecular flexibility index (Phi) is 4.47. The van der Waals surface area contributed by atoms with E-state index in [-0.39, 0.29) is 16.9 Å².